The normalized spacial score (nSPS) is 11.2. The molecule has 0 bridgehead atoms. The van der Waals surface area contributed by atoms with E-state index in [1.165, 1.54) is 0 Å². The van der Waals surface area contributed by atoms with Crippen molar-refractivity contribution in [1.82, 2.24) is 4.90 Å². The van der Waals surface area contributed by atoms with Crippen molar-refractivity contribution in [2.75, 3.05) is 26.7 Å². The molecule has 0 spiro atoms. The highest BCUT2D eigenvalue weighted by Crippen LogP contribution is 2.13. The van der Waals surface area contributed by atoms with Gasteiger partial charge < -0.3 is 10.6 Å². The van der Waals surface area contributed by atoms with Gasteiger partial charge in [0, 0.05) is 19.5 Å². The van der Waals surface area contributed by atoms with Crippen LogP contribution in [-0.2, 0) is 0 Å². The average Bonchev–Trinajstić information content (AvgIpc) is 2.04. The molecule has 0 saturated carbocycles. The van der Waals surface area contributed by atoms with Crippen molar-refractivity contribution in [1.29, 1.82) is 0 Å². The summed E-state index contributed by atoms with van der Waals surface area (Å²) in [7, 11) is 2.12. The summed E-state index contributed by atoms with van der Waals surface area (Å²) in [6.07, 6.45) is 0.952. The third kappa shape index (κ3) is 6.62. The number of hydrogen-bond acceptors (Lipinski definition) is 2. The maximum atomic E-state index is 5.65. The molecule has 0 aliphatic rings. The van der Waals surface area contributed by atoms with E-state index in [-0.39, 0.29) is 5.41 Å². The van der Waals surface area contributed by atoms with E-state index < -0.39 is 0 Å². The molecule has 0 amide bonds. The molecule has 0 aromatic heterocycles. The van der Waals surface area contributed by atoms with E-state index in [1.807, 2.05) is 6.92 Å². The molecule has 2 N–H and O–H groups in total. The Balaban J connectivity index is 3.71. The third-order valence-corrected chi connectivity index (χ3v) is 2.05. The zero-order valence-corrected chi connectivity index (χ0v) is 9.35. The number of hydrogen-bond donors (Lipinski definition) is 1. The minimum Gasteiger partial charge on any atom is -0.330 e. The fraction of sp³-hybridized carbons (Fsp3) is 0.818. The highest BCUT2D eigenvalue weighted by molar-refractivity contribution is 4.95. The highest BCUT2D eigenvalue weighted by atomic mass is 15.1. The molecule has 13 heavy (non-hydrogen) atoms. The fourth-order valence-corrected chi connectivity index (χ4v) is 1.25. The highest BCUT2D eigenvalue weighted by Gasteiger charge is 2.17. The second-order valence-electron chi connectivity index (χ2n) is 4.28. The monoisotopic (exact) mass is 182 g/mol. The van der Waals surface area contributed by atoms with E-state index in [9.17, 15) is 0 Å². The van der Waals surface area contributed by atoms with Crippen LogP contribution in [0.5, 0.6) is 0 Å². The molecule has 0 aliphatic heterocycles. The van der Waals surface area contributed by atoms with Crippen LogP contribution in [0.1, 0.15) is 27.2 Å². The first-order chi connectivity index (χ1) is 6.02. The van der Waals surface area contributed by atoms with Gasteiger partial charge in [-0.05, 0) is 25.9 Å². The summed E-state index contributed by atoms with van der Waals surface area (Å²) in [6.45, 7) is 9.06. The minimum atomic E-state index is 0.217. The lowest BCUT2D eigenvalue weighted by Gasteiger charge is -2.28. The molecule has 0 fully saturated rings. The number of nitrogens with zero attached hydrogens (tertiary/aromatic N) is 1. The van der Waals surface area contributed by atoms with Crippen LogP contribution in [0.4, 0.5) is 0 Å². The molecule has 0 rings (SSSR count). The molecule has 0 aromatic carbocycles. The molecular weight excluding hydrogens is 160 g/mol. The molecule has 0 aromatic rings. The lowest BCUT2D eigenvalue weighted by molar-refractivity contribution is 0.219. The first kappa shape index (κ1) is 12.5. The molecule has 0 heterocycles. The van der Waals surface area contributed by atoms with Crippen LogP contribution < -0.4 is 5.73 Å². The fourth-order valence-electron chi connectivity index (χ4n) is 1.25. The first-order valence-electron chi connectivity index (χ1n) is 4.80. The molecule has 2 nitrogen and oxygen atoms in total. The quantitative estimate of drug-likeness (QED) is 0.650. The van der Waals surface area contributed by atoms with Gasteiger partial charge >= 0.3 is 0 Å². The van der Waals surface area contributed by atoms with E-state index in [4.69, 9.17) is 5.73 Å². The summed E-state index contributed by atoms with van der Waals surface area (Å²) >= 11 is 0. The summed E-state index contributed by atoms with van der Waals surface area (Å²) < 4.78 is 0. The zero-order chi connectivity index (χ0) is 10.3. The van der Waals surface area contributed by atoms with Gasteiger partial charge in [-0.25, -0.2) is 0 Å². The molecule has 2 heteroatoms. The summed E-state index contributed by atoms with van der Waals surface area (Å²) in [5.41, 5.74) is 5.87. The average molecular weight is 182 g/mol. The van der Waals surface area contributed by atoms with Gasteiger partial charge in [0.2, 0.25) is 0 Å². The van der Waals surface area contributed by atoms with Crippen molar-refractivity contribution in [3.05, 3.63) is 0 Å². The molecule has 0 atom stereocenters. The van der Waals surface area contributed by atoms with Gasteiger partial charge in [-0.3, -0.25) is 0 Å². The van der Waals surface area contributed by atoms with Crippen LogP contribution in [0.3, 0.4) is 0 Å². The van der Waals surface area contributed by atoms with Crippen LogP contribution in [0.2, 0.25) is 0 Å². The smallest absolute Gasteiger partial charge is 0.0216 e. The Morgan fingerprint density at radius 2 is 2.00 bits per heavy atom. The van der Waals surface area contributed by atoms with Gasteiger partial charge in [-0.1, -0.05) is 13.8 Å². The largest absolute Gasteiger partial charge is 0.330 e. The van der Waals surface area contributed by atoms with E-state index in [2.05, 4.69) is 37.6 Å². The van der Waals surface area contributed by atoms with E-state index >= 15 is 0 Å². The first-order valence-corrected chi connectivity index (χ1v) is 4.80. The van der Waals surface area contributed by atoms with E-state index in [0.717, 1.165) is 26.1 Å². The van der Waals surface area contributed by atoms with Crippen LogP contribution >= 0.6 is 0 Å². The Labute approximate surface area is 82.5 Å². The topological polar surface area (TPSA) is 29.3 Å². The number of rotatable bonds is 5. The van der Waals surface area contributed by atoms with Crippen molar-refractivity contribution >= 4 is 0 Å². The molecule has 76 valence electrons. The van der Waals surface area contributed by atoms with Gasteiger partial charge in [0.25, 0.3) is 0 Å². The lowest BCUT2D eigenvalue weighted by Crippen LogP contribution is -2.37. The maximum Gasteiger partial charge on any atom is 0.0216 e. The summed E-state index contributed by atoms with van der Waals surface area (Å²) in [5, 5.41) is 0. The van der Waals surface area contributed by atoms with Crippen LogP contribution in [0, 0.1) is 17.3 Å². The van der Waals surface area contributed by atoms with Crippen molar-refractivity contribution < 1.29 is 0 Å². The summed E-state index contributed by atoms with van der Waals surface area (Å²) in [5.74, 6) is 5.96. The van der Waals surface area contributed by atoms with Gasteiger partial charge in [-0.2, -0.15) is 0 Å². The maximum absolute atomic E-state index is 5.65. The molecule has 0 saturated heterocycles. The van der Waals surface area contributed by atoms with Crippen molar-refractivity contribution in [2.24, 2.45) is 11.1 Å². The standard InChI is InChI=1S/C11H22N2/c1-5-6-7-8-13(4)10-11(2,3)9-12/h7-10,12H2,1-4H3. The second kappa shape index (κ2) is 6.01. The molecule has 0 unspecified atom stereocenters. The van der Waals surface area contributed by atoms with Crippen LogP contribution in [-0.4, -0.2) is 31.6 Å². The SMILES string of the molecule is CC#CCCN(C)CC(C)(C)CN. The van der Waals surface area contributed by atoms with Crippen molar-refractivity contribution in [2.45, 2.75) is 27.2 Å². The Kier molecular flexibility index (Phi) is 5.77. The van der Waals surface area contributed by atoms with Gasteiger partial charge in [0.05, 0.1) is 0 Å². The Hall–Kier alpha value is -0.520. The van der Waals surface area contributed by atoms with Crippen molar-refractivity contribution in [3.63, 3.8) is 0 Å². The van der Waals surface area contributed by atoms with Crippen LogP contribution in [0.15, 0.2) is 0 Å². The third-order valence-electron chi connectivity index (χ3n) is 2.05. The Morgan fingerprint density at radius 1 is 1.38 bits per heavy atom. The van der Waals surface area contributed by atoms with Crippen molar-refractivity contribution in [3.8, 4) is 11.8 Å². The zero-order valence-electron chi connectivity index (χ0n) is 9.35. The Morgan fingerprint density at radius 3 is 2.46 bits per heavy atom. The predicted molar refractivity (Wildman–Crippen MR) is 58.4 cm³/mol. The predicted octanol–water partition coefficient (Wildman–Crippen LogP) is 1.32. The molecule has 0 radical (unpaired) electrons. The van der Waals surface area contributed by atoms with Gasteiger partial charge in [0.15, 0.2) is 0 Å². The van der Waals surface area contributed by atoms with E-state index in [0.29, 0.717) is 0 Å². The minimum absolute atomic E-state index is 0.217. The van der Waals surface area contributed by atoms with Gasteiger partial charge in [0.1, 0.15) is 0 Å². The van der Waals surface area contributed by atoms with Gasteiger partial charge in [-0.15, -0.1) is 11.8 Å². The number of nitrogens with two attached hydrogens (primary N) is 1. The Bertz CT molecular complexity index is 186. The molecule has 0 aliphatic carbocycles. The molecular formula is C11H22N2. The van der Waals surface area contributed by atoms with E-state index in [1.54, 1.807) is 0 Å². The summed E-state index contributed by atoms with van der Waals surface area (Å²) in [6, 6.07) is 0. The lowest BCUT2D eigenvalue weighted by atomic mass is 9.93. The van der Waals surface area contributed by atoms with Crippen LogP contribution in [0.25, 0.3) is 0 Å². The second-order valence-corrected chi connectivity index (χ2v) is 4.28. The summed E-state index contributed by atoms with van der Waals surface area (Å²) in [4.78, 5) is 2.29.